The summed E-state index contributed by atoms with van der Waals surface area (Å²) in [4.78, 5) is 26.8. The first-order chi connectivity index (χ1) is 16.7. The van der Waals surface area contributed by atoms with Crippen LogP contribution in [0.25, 0.3) is 10.9 Å². The number of rotatable bonds is 6. The molecule has 2 aromatic heterocycles. The van der Waals surface area contributed by atoms with E-state index >= 15 is 0 Å². The number of hydrogen-bond acceptors (Lipinski definition) is 4. The van der Waals surface area contributed by atoms with Crippen molar-refractivity contribution >= 4 is 28.4 Å². The Hall–Kier alpha value is -4.08. The molecule has 4 aromatic rings. The van der Waals surface area contributed by atoms with Crippen LogP contribution in [-0.4, -0.2) is 43.3 Å². The van der Waals surface area contributed by atoms with Crippen LogP contribution in [0.2, 0.25) is 0 Å². The Morgan fingerprint density at radius 3 is 2.63 bits per heavy atom. The van der Waals surface area contributed by atoms with E-state index in [2.05, 4.69) is 15.5 Å². The Morgan fingerprint density at radius 1 is 1.17 bits per heavy atom. The van der Waals surface area contributed by atoms with E-state index in [1.807, 2.05) is 72.5 Å². The predicted molar refractivity (Wildman–Crippen MR) is 126 cm³/mol. The number of alkyl halides is 2. The lowest BCUT2D eigenvalue weighted by atomic mass is 9.99. The lowest BCUT2D eigenvalue weighted by Crippen LogP contribution is -2.46. The first kappa shape index (κ1) is 22.7. The Bertz CT molecular complexity index is 1390. The molecule has 3 heterocycles. The molecular formula is C25H24F2N6O2. The smallest absolute Gasteiger partial charge is 0.321 e. The zero-order valence-corrected chi connectivity index (χ0v) is 19.2. The first-order valence-electron chi connectivity index (χ1n) is 11.2. The van der Waals surface area contributed by atoms with Crippen LogP contribution in [0.1, 0.15) is 30.6 Å². The third kappa shape index (κ3) is 4.39. The van der Waals surface area contributed by atoms with Gasteiger partial charge in [-0.05, 0) is 29.8 Å². The summed E-state index contributed by atoms with van der Waals surface area (Å²) < 4.78 is 30.8. The maximum atomic E-state index is 13.6. The van der Waals surface area contributed by atoms with Gasteiger partial charge >= 0.3 is 5.92 Å². The molecule has 0 spiro atoms. The van der Waals surface area contributed by atoms with Crippen molar-refractivity contribution in [1.82, 2.24) is 24.9 Å². The molecule has 0 radical (unpaired) electrons. The van der Waals surface area contributed by atoms with E-state index in [1.165, 1.54) is 0 Å². The van der Waals surface area contributed by atoms with Gasteiger partial charge in [-0.3, -0.25) is 19.0 Å². The number of benzene rings is 2. The van der Waals surface area contributed by atoms with Crippen LogP contribution in [0.15, 0.2) is 67.0 Å². The topological polar surface area (TPSA) is 85.0 Å². The quantitative estimate of drug-likeness (QED) is 0.460. The van der Waals surface area contributed by atoms with E-state index in [0.717, 1.165) is 22.2 Å². The van der Waals surface area contributed by atoms with Crippen LogP contribution >= 0.6 is 0 Å². The van der Waals surface area contributed by atoms with Crippen LogP contribution in [0, 0.1) is 0 Å². The largest absolute Gasteiger partial charge is 0.345 e. The minimum absolute atomic E-state index is 0.0850. The minimum Gasteiger partial charge on any atom is -0.345 e. The summed E-state index contributed by atoms with van der Waals surface area (Å²) in [5, 5.41) is 12.1. The standard InChI is InChI=1S/C25H24F2N6O2/c1-25(26,27)24(35)29-20-13-22(34)33(23(20)16-6-4-3-5-7-16)19-8-9-21-17(12-19)14-28-32(21)15-18-10-11-31(2)30-18/h3-12,14,20,23H,13,15H2,1-2H3,(H,29,35)/t20?,23-/m1/s1. The molecule has 0 bridgehead atoms. The van der Waals surface area contributed by atoms with E-state index in [-0.39, 0.29) is 12.3 Å². The maximum absolute atomic E-state index is 13.6. The summed E-state index contributed by atoms with van der Waals surface area (Å²) in [6.45, 7) is 1.04. The van der Waals surface area contributed by atoms with Crippen LogP contribution < -0.4 is 10.2 Å². The molecule has 35 heavy (non-hydrogen) atoms. The number of carbonyl (C=O) groups excluding carboxylic acids is 2. The predicted octanol–water partition coefficient (Wildman–Crippen LogP) is 3.44. The number of carbonyl (C=O) groups is 2. The third-order valence-corrected chi connectivity index (χ3v) is 6.16. The van der Waals surface area contributed by atoms with Crippen molar-refractivity contribution in [3.63, 3.8) is 0 Å². The van der Waals surface area contributed by atoms with E-state index in [9.17, 15) is 18.4 Å². The van der Waals surface area contributed by atoms with Gasteiger partial charge < -0.3 is 10.2 Å². The first-order valence-corrected chi connectivity index (χ1v) is 11.2. The number of halogens is 2. The van der Waals surface area contributed by atoms with Crippen molar-refractivity contribution in [3.8, 4) is 0 Å². The molecule has 5 rings (SSSR count). The van der Waals surface area contributed by atoms with Gasteiger partial charge in [-0.15, -0.1) is 0 Å². The summed E-state index contributed by atoms with van der Waals surface area (Å²) >= 11 is 0. The second kappa shape index (κ2) is 8.61. The number of amides is 2. The number of nitrogens with one attached hydrogen (secondary N) is 1. The van der Waals surface area contributed by atoms with Crippen molar-refractivity contribution in [2.45, 2.75) is 37.9 Å². The van der Waals surface area contributed by atoms with Crippen molar-refractivity contribution in [1.29, 1.82) is 0 Å². The molecule has 2 aromatic carbocycles. The second-order valence-electron chi connectivity index (χ2n) is 8.82. The molecule has 0 aliphatic carbocycles. The van der Waals surface area contributed by atoms with Crippen LogP contribution in [-0.2, 0) is 23.2 Å². The summed E-state index contributed by atoms with van der Waals surface area (Å²) in [7, 11) is 1.85. The maximum Gasteiger partial charge on any atom is 0.321 e. The normalized spacial score (nSPS) is 18.4. The fraction of sp³-hybridized carbons (Fsp3) is 0.280. The Balaban J connectivity index is 1.49. The highest BCUT2D eigenvalue weighted by atomic mass is 19.3. The number of aromatic nitrogens is 4. The van der Waals surface area contributed by atoms with Crippen LogP contribution in [0.3, 0.4) is 0 Å². The minimum atomic E-state index is -3.54. The number of nitrogens with zero attached hydrogens (tertiary/aromatic N) is 5. The number of anilines is 1. The third-order valence-electron chi connectivity index (χ3n) is 6.16. The lowest BCUT2D eigenvalue weighted by Gasteiger charge is -2.29. The monoisotopic (exact) mass is 478 g/mol. The van der Waals surface area contributed by atoms with E-state index < -0.39 is 23.9 Å². The van der Waals surface area contributed by atoms with E-state index in [1.54, 1.807) is 15.8 Å². The molecule has 1 fully saturated rings. The SMILES string of the molecule is Cn1ccc(Cn2ncc3cc(N4C(=O)CC(NC(=O)C(C)(F)F)[C@H]4c4ccccc4)ccc32)n1. The highest BCUT2D eigenvalue weighted by Crippen LogP contribution is 2.38. The molecule has 2 atom stereocenters. The molecule has 0 saturated carbocycles. The molecule has 1 aliphatic rings. The van der Waals surface area contributed by atoms with Crippen molar-refractivity contribution in [3.05, 3.63) is 78.2 Å². The molecule has 8 nitrogen and oxygen atoms in total. The van der Waals surface area contributed by atoms with Crippen molar-refractivity contribution < 1.29 is 18.4 Å². The van der Waals surface area contributed by atoms with Gasteiger partial charge in [-0.25, -0.2) is 0 Å². The molecule has 180 valence electrons. The number of fused-ring (bicyclic) bond motifs is 1. The summed E-state index contributed by atoms with van der Waals surface area (Å²) in [5.74, 6) is -5.20. The van der Waals surface area contributed by atoms with Gasteiger partial charge in [-0.2, -0.15) is 19.0 Å². The summed E-state index contributed by atoms with van der Waals surface area (Å²) in [6.07, 6.45) is 3.50. The highest BCUT2D eigenvalue weighted by Gasteiger charge is 2.45. The molecule has 10 heteroatoms. The van der Waals surface area contributed by atoms with Crippen molar-refractivity contribution in [2.75, 3.05) is 4.90 Å². The van der Waals surface area contributed by atoms with Gasteiger partial charge in [0.15, 0.2) is 0 Å². The van der Waals surface area contributed by atoms with Gasteiger partial charge in [0.2, 0.25) is 5.91 Å². The number of aryl methyl sites for hydroxylation is 1. The van der Waals surface area contributed by atoms with Crippen LogP contribution in [0.5, 0.6) is 0 Å². The van der Waals surface area contributed by atoms with E-state index in [4.69, 9.17) is 0 Å². The van der Waals surface area contributed by atoms with Gasteiger partial charge in [0.05, 0.1) is 36.0 Å². The summed E-state index contributed by atoms with van der Waals surface area (Å²) in [6, 6.07) is 15.1. The molecule has 1 unspecified atom stereocenters. The average molecular weight is 479 g/mol. The zero-order chi connectivity index (χ0) is 24.7. The van der Waals surface area contributed by atoms with Gasteiger partial charge in [0.25, 0.3) is 5.91 Å². The highest BCUT2D eigenvalue weighted by molar-refractivity contribution is 6.00. The Kier molecular flexibility index (Phi) is 5.58. The summed E-state index contributed by atoms with van der Waals surface area (Å²) in [5.41, 5.74) is 3.09. The lowest BCUT2D eigenvalue weighted by molar-refractivity contribution is -0.143. The molecule has 1 aliphatic heterocycles. The Morgan fingerprint density at radius 2 is 1.94 bits per heavy atom. The second-order valence-corrected chi connectivity index (χ2v) is 8.82. The fourth-order valence-electron chi connectivity index (χ4n) is 4.55. The number of hydrogen-bond donors (Lipinski definition) is 1. The average Bonchev–Trinajstić information content (AvgIpc) is 3.50. The van der Waals surface area contributed by atoms with Crippen molar-refractivity contribution in [2.24, 2.45) is 7.05 Å². The van der Waals surface area contributed by atoms with Gasteiger partial charge in [-0.1, -0.05) is 30.3 Å². The Labute approximate surface area is 200 Å². The molecule has 2 amide bonds. The zero-order valence-electron chi connectivity index (χ0n) is 19.2. The van der Waals surface area contributed by atoms with Crippen LogP contribution in [0.4, 0.5) is 14.5 Å². The van der Waals surface area contributed by atoms with Gasteiger partial charge in [0, 0.05) is 37.7 Å². The molecule has 1 saturated heterocycles. The van der Waals surface area contributed by atoms with E-state index in [0.29, 0.717) is 19.2 Å². The van der Waals surface area contributed by atoms with Gasteiger partial charge in [0.1, 0.15) is 0 Å². The fourth-order valence-corrected chi connectivity index (χ4v) is 4.55. The molecular weight excluding hydrogens is 454 g/mol. The molecule has 1 N–H and O–H groups in total.